The molecule has 0 saturated heterocycles. The Bertz CT molecular complexity index is 694. The molecule has 21 heavy (non-hydrogen) atoms. The molecule has 0 saturated carbocycles. The minimum absolute atomic E-state index is 0.110. The van der Waals surface area contributed by atoms with Gasteiger partial charge in [-0.15, -0.1) is 0 Å². The number of fused-ring (bicyclic) bond motifs is 1. The van der Waals surface area contributed by atoms with Crippen molar-refractivity contribution in [1.82, 2.24) is 0 Å². The van der Waals surface area contributed by atoms with Crippen molar-refractivity contribution in [1.29, 1.82) is 0 Å². The maximum atomic E-state index is 13.2. The summed E-state index contributed by atoms with van der Waals surface area (Å²) in [4.78, 5) is 12.1. The van der Waals surface area contributed by atoms with Gasteiger partial charge in [-0.2, -0.15) is 0 Å². The van der Waals surface area contributed by atoms with Crippen LogP contribution in [0.5, 0.6) is 0 Å². The molecule has 0 aliphatic heterocycles. The minimum Gasteiger partial charge on any atom is -0.325 e. The van der Waals surface area contributed by atoms with Crippen molar-refractivity contribution in [3.8, 4) is 0 Å². The van der Waals surface area contributed by atoms with Gasteiger partial charge in [-0.3, -0.25) is 4.79 Å². The summed E-state index contributed by atoms with van der Waals surface area (Å²) < 4.78 is 13.2. The van der Waals surface area contributed by atoms with Gasteiger partial charge < -0.3 is 5.32 Å². The fourth-order valence-electron chi connectivity index (χ4n) is 2.84. The van der Waals surface area contributed by atoms with Gasteiger partial charge in [0.1, 0.15) is 5.82 Å². The first-order valence-electron chi connectivity index (χ1n) is 7.28. The molecule has 0 aromatic heterocycles. The van der Waals surface area contributed by atoms with Gasteiger partial charge >= 0.3 is 0 Å². The number of benzene rings is 2. The van der Waals surface area contributed by atoms with Crippen LogP contribution in [0.15, 0.2) is 36.4 Å². The van der Waals surface area contributed by atoms with Crippen LogP contribution in [-0.4, -0.2) is 5.91 Å². The smallest absolute Gasteiger partial charge is 0.228 e. The first kappa shape index (κ1) is 13.8. The highest BCUT2D eigenvalue weighted by Crippen LogP contribution is 2.23. The Kier molecular flexibility index (Phi) is 3.74. The number of rotatable bonds is 3. The second-order valence-electron chi connectivity index (χ2n) is 5.64. The van der Waals surface area contributed by atoms with E-state index < -0.39 is 0 Å². The summed E-state index contributed by atoms with van der Waals surface area (Å²) in [6.45, 7) is 1.85. The van der Waals surface area contributed by atoms with Crippen LogP contribution in [0.4, 0.5) is 10.1 Å². The van der Waals surface area contributed by atoms with Crippen molar-refractivity contribution in [3.05, 3.63) is 64.5 Å². The van der Waals surface area contributed by atoms with Crippen LogP contribution in [0.2, 0.25) is 0 Å². The zero-order valence-corrected chi connectivity index (χ0v) is 12.1. The third-order valence-electron chi connectivity index (χ3n) is 4.00. The maximum Gasteiger partial charge on any atom is 0.228 e. The lowest BCUT2D eigenvalue weighted by molar-refractivity contribution is -0.115. The van der Waals surface area contributed by atoms with Crippen LogP contribution in [-0.2, 0) is 24.1 Å². The highest BCUT2D eigenvalue weighted by atomic mass is 19.1. The van der Waals surface area contributed by atoms with Gasteiger partial charge in [-0.05, 0) is 60.6 Å². The molecule has 0 spiro atoms. The first-order valence-corrected chi connectivity index (χ1v) is 7.28. The molecule has 1 aliphatic carbocycles. The third kappa shape index (κ3) is 3.13. The fourth-order valence-corrected chi connectivity index (χ4v) is 2.84. The molecule has 1 amide bonds. The average molecular weight is 283 g/mol. The van der Waals surface area contributed by atoms with Crippen LogP contribution in [0.3, 0.4) is 0 Å². The Labute approximate surface area is 124 Å². The molecule has 3 rings (SSSR count). The van der Waals surface area contributed by atoms with Gasteiger partial charge in [0.15, 0.2) is 0 Å². The van der Waals surface area contributed by atoms with E-state index in [9.17, 15) is 9.18 Å². The summed E-state index contributed by atoms with van der Waals surface area (Å²) in [7, 11) is 0. The monoisotopic (exact) mass is 283 g/mol. The summed E-state index contributed by atoms with van der Waals surface area (Å²) in [5.41, 5.74) is 5.18. The Morgan fingerprint density at radius 2 is 1.95 bits per heavy atom. The molecular formula is C18H18FNO. The van der Waals surface area contributed by atoms with Crippen LogP contribution in [0.25, 0.3) is 0 Å². The summed E-state index contributed by atoms with van der Waals surface area (Å²) >= 11 is 0. The SMILES string of the molecule is Cc1ccc(F)cc1NC(=O)Cc1ccc2c(c1)CCC2. The van der Waals surface area contributed by atoms with Crippen LogP contribution in [0.1, 0.15) is 28.7 Å². The summed E-state index contributed by atoms with van der Waals surface area (Å²) in [6, 6.07) is 10.7. The third-order valence-corrected chi connectivity index (χ3v) is 4.00. The summed E-state index contributed by atoms with van der Waals surface area (Å²) in [5, 5.41) is 2.79. The largest absolute Gasteiger partial charge is 0.325 e. The van der Waals surface area contributed by atoms with Crippen molar-refractivity contribution in [3.63, 3.8) is 0 Å². The summed E-state index contributed by atoms with van der Waals surface area (Å²) in [5.74, 6) is -0.449. The zero-order chi connectivity index (χ0) is 14.8. The van der Waals surface area contributed by atoms with E-state index in [1.807, 2.05) is 13.0 Å². The van der Waals surface area contributed by atoms with Crippen molar-refractivity contribution in [2.75, 3.05) is 5.32 Å². The Hall–Kier alpha value is -2.16. The Morgan fingerprint density at radius 1 is 1.14 bits per heavy atom. The quantitative estimate of drug-likeness (QED) is 0.912. The lowest BCUT2D eigenvalue weighted by Crippen LogP contribution is -2.15. The highest BCUT2D eigenvalue weighted by molar-refractivity contribution is 5.93. The second kappa shape index (κ2) is 5.68. The van der Waals surface area contributed by atoms with E-state index in [-0.39, 0.29) is 11.7 Å². The minimum atomic E-state index is -0.339. The normalized spacial score (nSPS) is 13.0. The van der Waals surface area contributed by atoms with E-state index >= 15 is 0 Å². The molecule has 0 heterocycles. The molecule has 1 aliphatic rings. The fraction of sp³-hybridized carbons (Fsp3) is 0.278. The molecule has 2 aromatic carbocycles. The van der Waals surface area contributed by atoms with E-state index in [4.69, 9.17) is 0 Å². The van der Waals surface area contributed by atoms with Gasteiger partial charge in [0.2, 0.25) is 5.91 Å². The van der Waals surface area contributed by atoms with Crippen LogP contribution >= 0.6 is 0 Å². The van der Waals surface area contributed by atoms with Crippen LogP contribution in [0, 0.1) is 12.7 Å². The standard InChI is InChI=1S/C18H18FNO/c1-12-5-8-16(19)11-17(12)20-18(21)10-13-6-7-14-3-2-4-15(14)9-13/h5-9,11H,2-4,10H2,1H3,(H,20,21). The number of anilines is 1. The molecule has 108 valence electrons. The van der Waals surface area contributed by atoms with Crippen molar-refractivity contribution in [2.45, 2.75) is 32.6 Å². The topological polar surface area (TPSA) is 29.1 Å². The first-order chi connectivity index (χ1) is 10.1. The molecule has 1 N–H and O–H groups in total. The molecule has 3 heteroatoms. The van der Waals surface area contributed by atoms with E-state index in [0.29, 0.717) is 12.1 Å². The van der Waals surface area contributed by atoms with E-state index in [2.05, 4.69) is 17.4 Å². The number of hydrogen-bond acceptors (Lipinski definition) is 1. The van der Waals surface area contributed by atoms with Gasteiger partial charge in [-0.1, -0.05) is 24.3 Å². The Balaban J connectivity index is 1.70. The molecular weight excluding hydrogens is 265 g/mol. The Morgan fingerprint density at radius 3 is 2.81 bits per heavy atom. The molecule has 0 atom stereocenters. The average Bonchev–Trinajstić information content (AvgIpc) is 2.90. The molecule has 0 fully saturated rings. The molecule has 2 aromatic rings. The predicted molar refractivity (Wildman–Crippen MR) is 81.9 cm³/mol. The lowest BCUT2D eigenvalue weighted by atomic mass is 10.0. The number of aryl methyl sites for hydroxylation is 3. The molecule has 2 nitrogen and oxygen atoms in total. The van der Waals surface area contributed by atoms with Gasteiger partial charge in [-0.25, -0.2) is 4.39 Å². The zero-order valence-electron chi connectivity index (χ0n) is 12.1. The number of carbonyl (C=O) groups is 1. The number of amides is 1. The van der Waals surface area contributed by atoms with E-state index in [1.165, 1.54) is 29.7 Å². The van der Waals surface area contributed by atoms with Crippen molar-refractivity contribution in [2.24, 2.45) is 0 Å². The maximum absolute atomic E-state index is 13.2. The molecule has 0 radical (unpaired) electrons. The van der Waals surface area contributed by atoms with Crippen molar-refractivity contribution >= 4 is 11.6 Å². The van der Waals surface area contributed by atoms with E-state index in [1.54, 1.807) is 6.07 Å². The highest BCUT2D eigenvalue weighted by Gasteiger charge is 2.12. The number of halogens is 1. The number of nitrogens with one attached hydrogen (secondary N) is 1. The summed E-state index contributed by atoms with van der Waals surface area (Å²) in [6.07, 6.45) is 3.77. The molecule has 0 bridgehead atoms. The van der Waals surface area contributed by atoms with Crippen LogP contribution < -0.4 is 5.32 Å². The number of carbonyl (C=O) groups excluding carboxylic acids is 1. The molecule has 0 unspecified atom stereocenters. The van der Waals surface area contributed by atoms with E-state index in [0.717, 1.165) is 24.0 Å². The van der Waals surface area contributed by atoms with Crippen molar-refractivity contribution < 1.29 is 9.18 Å². The number of hydrogen-bond donors (Lipinski definition) is 1. The predicted octanol–water partition coefficient (Wildman–Crippen LogP) is 3.80. The van der Waals surface area contributed by atoms with Gasteiger partial charge in [0.05, 0.1) is 6.42 Å². The lowest BCUT2D eigenvalue weighted by Gasteiger charge is -2.09. The second-order valence-corrected chi connectivity index (χ2v) is 5.64. The van der Waals surface area contributed by atoms with Gasteiger partial charge in [0, 0.05) is 5.69 Å². The van der Waals surface area contributed by atoms with Gasteiger partial charge in [0.25, 0.3) is 0 Å².